The Labute approximate surface area is 165 Å². The number of hydrogen-bond donors (Lipinski definition) is 2. The SMILES string of the molecule is Nc1nc2ccc3c(c2s1)C(=O)NC(c1cccc(Oc2ccccc2)c1)C3. The predicted octanol–water partition coefficient (Wildman–Crippen LogP) is 4.70. The molecule has 0 saturated heterocycles. The molecule has 4 aromatic rings. The lowest BCUT2D eigenvalue weighted by Crippen LogP contribution is -2.35. The third-order valence-electron chi connectivity index (χ3n) is 4.86. The van der Waals surface area contributed by atoms with Gasteiger partial charge in [-0.05, 0) is 47.9 Å². The van der Waals surface area contributed by atoms with E-state index >= 15 is 0 Å². The molecule has 0 fully saturated rings. The number of aromatic nitrogens is 1. The van der Waals surface area contributed by atoms with Gasteiger partial charge in [0.2, 0.25) is 0 Å². The summed E-state index contributed by atoms with van der Waals surface area (Å²) < 4.78 is 6.79. The fourth-order valence-corrected chi connectivity index (χ4v) is 4.49. The van der Waals surface area contributed by atoms with E-state index in [2.05, 4.69) is 10.3 Å². The van der Waals surface area contributed by atoms with E-state index in [-0.39, 0.29) is 11.9 Å². The first-order valence-corrected chi connectivity index (χ1v) is 9.80. The predicted molar refractivity (Wildman–Crippen MR) is 111 cm³/mol. The van der Waals surface area contributed by atoms with Crippen LogP contribution in [0.1, 0.15) is 27.5 Å². The maximum Gasteiger partial charge on any atom is 0.253 e. The number of ether oxygens (including phenoxy) is 1. The Hall–Kier alpha value is -3.38. The number of amides is 1. The van der Waals surface area contributed by atoms with Gasteiger partial charge in [-0.15, -0.1) is 0 Å². The van der Waals surface area contributed by atoms with Crippen molar-refractivity contribution in [1.82, 2.24) is 10.3 Å². The van der Waals surface area contributed by atoms with E-state index in [1.54, 1.807) is 0 Å². The van der Waals surface area contributed by atoms with E-state index in [0.29, 0.717) is 17.1 Å². The van der Waals surface area contributed by atoms with Crippen LogP contribution in [0.25, 0.3) is 10.2 Å². The molecular weight excluding hydrogens is 370 g/mol. The molecule has 0 saturated carbocycles. The number of rotatable bonds is 3. The number of hydrogen-bond acceptors (Lipinski definition) is 5. The van der Waals surface area contributed by atoms with Gasteiger partial charge in [0.05, 0.1) is 21.8 Å². The molecule has 1 aromatic heterocycles. The minimum absolute atomic E-state index is 0.0881. The first-order chi connectivity index (χ1) is 13.7. The van der Waals surface area contributed by atoms with Crippen molar-refractivity contribution in [3.63, 3.8) is 0 Å². The zero-order chi connectivity index (χ0) is 19.1. The van der Waals surface area contributed by atoms with Crippen LogP contribution in [0.15, 0.2) is 66.7 Å². The molecule has 5 nitrogen and oxygen atoms in total. The Bertz CT molecular complexity index is 1190. The van der Waals surface area contributed by atoms with Gasteiger partial charge in [0.25, 0.3) is 5.91 Å². The number of nitrogen functional groups attached to an aromatic ring is 1. The molecule has 0 radical (unpaired) electrons. The van der Waals surface area contributed by atoms with Crippen LogP contribution in [-0.4, -0.2) is 10.9 Å². The molecule has 1 unspecified atom stereocenters. The lowest BCUT2D eigenvalue weighted by Gasteiger charge is -2.26. The number of para-hydroxylation sites is 1. The number of anilines is 1. The normalized spacial score (nSPS) is 15.9. The van der Waals surface area contributed by atoms with Crippen LogP contribution in [0.5, 0.6) is 11.5 Å². The van der Waals surface area contributed by atoms with Crippen LogP contribution < -0.4 is 15.8 Å². The zero-order valence-electron chi connectivity index (χ0n) is 14.9. The molecule has 1 aliphatic heterocycles. The van der Waals surface area contributed by atoms with E-state index in [1.807, 2.05) is 66.7 Å². The zero-order valence-corrected chi connectivity index (χ0v) is 15.7. The molecule has 0 aliphatic carbocycles. The van der Waals surface area contributed by atoms with Crippen LogP contribution >= 0.6 is 11.3 Å². The van der Waals surface area contributed by atoms with Gasteiger partial charge in [-0.25, -0.2) is 4.98 Å². The summed E-state index contributed by atoms with van der Waals surface area (Å²) in [4.78, 5) is 17.1. The summed E-state index contributed by atoms with van der Waals surface area (Å²) in [6, 6.07) is 21.3. The summed E-state index contributed by atoms with van der Waals surface area (Å²) in [5, 5.41) is 3.60. The molecule has 0 bridgehead atoms. The minimum Gasteiger partial charge on any atom is -0.457 e. The van der Waals surface area contributed by atoms with Crippen molar-refractivity contribution in [2.45, 2.75) is 12.5 Å². The summed E-state index contributed by atoms with van der Waals surface area (Å²) in [5.74, 6) is 1.44. The maximum absolute atomic E-state index is 12.9. The average molecular weight is 387 g/mol. The van der Waals surface area contributed by atoms with E-state index in [4.69, 9.17) is 10.5 Å². The largest absolute Gasteiger partial charge is 0.457 e. The smallest absolute Gasteiger partial charge is 0.253 e. The third-order valence-corrected chi connectivity index (χ3v) is 5.77. The first kappa shape index (κ1) is 16.8. The highest BCUT2D eigenvalue weighted by Crippen LogP contribution is 2.35. The highest BCUT2D eigenvalue weighted by atomic mass is 32.1. The number of nitrogens with zero attached hydrogens (tertiary/aromatic N) is 1. The molecule has 28 heavy (non-hydrogen) atoms. The van der Waals surface area contributed by atoms with Gasteiger partial charge in [-0.2, -0.15) is 0 Å². The molecule has 0 spiro atoms. The Kier molecular flexibility index (Phi) is 3.98. The molecule has 3 aromatic carbocycles. The van der Waals surface area contributed by atoms with Crippen molar-refractivity contribution in [1.29, 1.82) is 0 Å². The van der Waals surface area contributed by atoms with Gasteiger partial charge in [-0.1, -0.05) is 47.7 Å². The van der Waals surface area contributed by atoms with Gasteiger partial charge >= 0.3 is 0 Å². The second-order valence-corrected chi connectivity index (χ2v) is 7.75. The molecular formula is C22H17N3O2S. The number of carbonyl (C=O) groups is 1. The van der Waals surface area contributed by atoms with Crippen molar-refractivity contribution in [2.75, 3.05) is 5.73 Å². The van der Waals surface area contributed by atoms with Gasteiger partial charge < -0.3 is 15.8 Å². The molecule has 1 atom stereocenters. The quantitative estimate of drug-likeness (QED) is 0.534. The number of fused-ring (bicyclic) bond motifs is 3. The molecule has 1 aliphatic rings. The maximum atomic E-state index is 12.9. The summed E-state index contributed by atoms with van der Waals surface area (Å²) in [6.07, 6.45) is 0.712. The van der Waals surface area contributed by atoms with Gasteiger partial charge in [-0.3, -0.25) is 4.79 Å². The lowest BCUT2D eigenvalue weighted by atomic mass is 9.91. The van der Waals surface area contributed by atoms with Crippen LogP contribution in [0.4, 0.5) is 5.13 Å². The number of nitrogens with one attached hydrogen (secondary N) is 1. The van der Waals surface area contributed by atoms with Crippen LogP contribution in [0.3, 0.4) is 0 Å². The van der Waals surface area contributed by atoms with Crippen LogP contribution in [0.2, 0.25) is 0 Å². The fourth-order valence-electron chi connectivity index (χ4n) is 3.59. The summed E-state index contributed by atoms with van der Waals surface area (Å²) in [7, 11) is 0. The Morgan fingerprint density at radius 3 is 2.71 bits per heavy atom. The van der Waals surface area contributed by atoms with Crippen molar-refractivity contribution >= 4 is 32.6 Å². The second-order valence-electron chi connectivity index (χ2n) is 6.72. The van der Waals surface area contributed by atoms with Crippen molar-refractivity contribution < 1.29 is 9.53 Å². The molecule has 2 heterocycles. The molecule has 1 amide bonds. The standard InChI is InChI=1S/C22H17N3O2S/c23-22-25-17-10-9-14-12-18(24-21(26)19(14)20(17)28-22)13-5-4-8-16(11-13)27-15-6-2-1-3-7-15/h1-11,18H,12H2,(H2,23,25)(H,24,26). The topological polar surface area (TPSA) is 77.2 Å². The molecule has 3 N–H and O–H groups in total. The van der Waals surface area contributed by atoms with E-state index in [9.17, 15) is 4.79 Å². The van der Waals surface area contributed by atoms with Crippen molar-refractivity contribution in [2.24, 2.45) is 0 Å². The second kappa shape index (κ2) is 6.65. The Morgan fingerprint density at radius 2 is 1.86 bits per heavy atom. The highest BCUT2D eigenvalue weighted by molar-refractivity contribution is 7.22. The molecule has 138 valence electrons. The van der Waals surface area contributed by atoms with E-state index in [1.165, 1.54) is 11.3 Å². The summed E-state index contributed by atoms with van der Waals surface area (Å²) >= 11 is 1.36. The summed E-state index contributed by atoms with van der Waals surface area (Å²) in [5.41, 5.74) is 9.32. The van der Waals surface area contributed by atoms with Gasteiger partial charge in [0.15, 0.2) is 5.13 Å². The van der Waals surface area contributed by atoms with Crippen molar-refractivity contribution in [3.8, 4) is 11.5 Å². The molecule has 6 heteroatoms. The lowest BCUT2D eigenvalue weighted by molar-refractivity contribution is 0.0927. The molecule has 5 rings (SSSR count). The highest BCUT2D eigenvalue weighted by Gasteiger charge is 2.28. The Balaban J connectivity index is 1.46. The van der Waals surface area contributed by atoms with E-state index < -0.39 is 0 Å². The number of nitrogens with two attached hydrogens (primary N) is 1. The first-order valence-electron chi connectivity index (χ1n) is 8.99. The Morgan fingerprint density at radius 1 is 1.04 bits per heavy atom. The van der Waals surface area contributed by atoms with Crippen LogP contribution in [0, 0.1) is 0 Å². The summed E-state index contributed by atoms with van der Waals surface area (Å²) in [6.45, 7) is 0. The number of carbonyl (C=O) groups excluding carboxylic acids is 1. The third kappa shape index (κ3) is 2.97. The van der Waals surface area contributed by atoms with Crippen molar-refractivity contribution in [3.05, 3.63) is 83.4 Å². The van der Waals surface area contributed by atoms with Crippen LogP contribution in [-0.2, 0) is 6.42 Å². The number of benzene rings is 3. The fraction of sp³-hybridized carbons (Fsp3) is 0.0909. The van der Waals surface area contributed by atoms with Gasteiger partial charge in [0, 0.05) is 0 Å². The monoisotopic (exact) mass is 387 g/mol. The number of thiazole rings is 1. The average Bonchev–Trinajstić information content (AvgIpc) is 3.09. The van der Waals surface area contributed by atoms with Gasteiger partial charge in [0.1, 0.15) is 11.5 Å². The van der Waals surface area contributed by atoms with E-state index in [0.717, 1.165) is 32.8 Å². The minimum atomic E-state index is -0.109.